The van der Waals surface area contributed by atoms with Gasteiger partial charge in [0.1, 0.15) is 17.5 Å². The number of nitrogens with zero attached hydrogens (tertiary/aromatic N) is 5. The number of piperazine rings is 1. The number of hydrogen-bond donors (Lipinski definition) is 1. The average molecular weight is 637 g/mol. The van der Waals surface area contributed by atoms with Gasteiger partial charge >= 0.3 is 6.09 Å². The van der Waals surface area contributed by atoms with Crippen molar-refractivity contribution >= 4 is 40.6 Å². The molecule has 0 unspecified atom stereocenters. The molecule has 3 aliphatic rings. The van der Waals surface area contributed by atoms with Crippen LogP contribution >= 0.6 is 0 Å². The largest absolute Gasteiger partial charge is 0.483 e. The van der Waals surface area contributed by atoms with Crippen LogP contribution in [0.15, 0.2) is 24.3 Å². The van der Waals surface area contributed by atoms with Gasteiger partial charge < -0.3 is 34.4 Å². The number of likely N-dealkylation sites (tertiary alicyclic amines) is 2. The van der Waals surface area contributed by atoms with Crippen molar-refractivity contribution in [3.05, 3.63) is 35.5 Å². The van der Waals surface area contributed by atoms with Crippen molar-refractivity contribution in [3.63, 3.8) is 0 Å². The second kappa shape index (κ2) is 15.2. The Labute approximate surface area is 269 Å². The van der Waals surface area contributed by atoms with E-state index in [1.165, 1.54) is 6.07 Å². The zero-order chi connectivity index (χ0) is 32.6. The van der Waals surface area contributed by atoms with Crippen molar-refractivity contribution in [2.24, 2.45) is 0 Å². The van der Waals surface area contributed by atoms with Crippen molar-refractivity contribution < 1.29 is 33.4 Å². The summed E-state index contributed by atoms with van der Waals surface area (Å²) in [7, 11) is 0. The molecule has 0 spiro atoms. The van der Waals surface area contributed by atoms with E-state index in [0.717, 1.165) is 50.8 Å². The number of pyridine rings is 1. The van der Waals surface area contributed by atoms with Crippen LogP contribution < -0.4 is 10.1 Å². The van der Waals surface area contributed by atoms with E-state index in [1.807, 2.05) is 36.9 Å². The van der Waals surface area contributed by atoms with E-state index in [-0.39, 0.29) is 42.7 Å². The van der Waals surface area contributed by atoms with Gasteiger partial charge in [0.2, 0.25) is 11.8 Å². The zero-order valence-electron chi connectivity index (χ0n) is 26.8. The Morgan fingerprint density at radius 1 is 0.891 bits per heavy atom. The maximum absolute atomic E-state index is 13.3. The van der Waals surface area contributed by atoms with E-state index in [9.17, 15) is 24.0 Å². The maximum Gasteiger partial charge on any atom is 0.409 e. The average Bonchev–Trinajstić information content (AvgIpc) is 3.79. The SMILES string of the molecule is CCCCOC(=O)N1CCN(C(=O)CNC(=O)c2cc(OCC(=O)N3CCC[C@H]3C(=O)N3CCCC3)c3ccc(C)cc3n2)CC1. The molecule has 0 radical (unpaired) electrons. The lowest BCUT2D eigenvalue weighted by Gasteiger charge is -2.34. The minimum absolute atomic E-state index is 0.00786. The van der Waals surface area contributed by atoms with Crippen molar-refractivity contribution in [3.8, 4) is 5.75 Å². The molecule has 0 saturated carbocycles. The summed E-state index contributed by atoms with van der Waals surface area (Å²) in [6.07, 6.45) is 4.75. The molecular formula is C33H44N6O7. The highest BCUT2D eigenvalue weighted by Crippen LogP contribution is 2.28. The quantitative estimate of drug-likeness (QED) is 0.392. The Morgan fingerprint density at radius 3 is 2.37 bits per heavy atom. The fourth-order valence-electron chi connectivity index (χ4n) is 6.13. The van der Waals surface area contributed by atoms with Gasteiger partial charge in [-0.3, -0.25) is 19.2 Å². The van der Waals surface area contributed by atoms with Gasteiger partial charge in [0.25, 0.3) is 11.8 Å². The summed E-state index contributed by atoms with van der Waals surface area (Å²) >= 11 is 0. The first-order valence-electron chi connectivity index (χ1n) is 16.3. The molecule has 46 heavy (non-hydrogen) atoms. The zero-order valence-corrected chi connectivity index (χ0v) is 26.8. The maximum atomic E-state index is 13.3. The highest BCUT2D eigenvalue weighted by molar-refractivity contribution is 5.99. The molecule has 4 heterocycles. The van der Waals surface area contributed by atoms with Crippen LogP contribution in [-0.4, -0.2) is 126 Å². The van der Waals surface area contributed by atoms with Crippen molar-refractivity contribution in [2.75, 3.05) is 65.6 Å². The molecule has 248 valence electrons. The van der Waals surface area contributed by atoms with Gasteiger partial charge in [-0.15, -0.1) is 0 Å². The first-order chi connectivity index (χ1) is 22.2. The fraction of sp³-hybridized carbons (Fsp3) is 0.576. The predicted molar refractivity (Wildman–Crippen MR) is 169 cm³/mol. The van der Waals surface area contributed by atoms with Gasteiger partial charge in [-0.2, -0.15) is 0 Å². The number of rotatable bonds is 10. The standard InChI is InChI=1S/C33H44N6O7/c1-3-4-18-45-33(44)38-16-14-36(15-17-38)29(40)21-34-31(42)26-20-28(24-10-9-23(2)19-25(24)35-26)46-22-30(41)39-13-7-8-27(39)32(43)37-11-5-6-12-37/h9-10,19-20,27H,3-8,11-18,21-22H2,1-2H3,(H,34,42)/t27-/m0/s1. The van der Waals surface area contributed by atoms with Crippen LogP contribution in [0.4, 0.5) is 4.79 Å². The smallest absolute Gasteiger partial charge is 0.409 e. The van der Waals surface area contributed by atoms with Crippen LogP contribution in [0.5, 0.6) is 5.75 Å². The number of benzene rings is 1. The Morgan fingerprint density at radius 2 is 1.63 bits per heavy atom. The van der Waals surface area contributed by atoms with E-state index >= 15 is 0 Å². The lowest BCUT2D eigenvalue weighted by molar-refractivity contribution is -0.144. The number of unbranched alkanes of at least 4 members (excludes halogenated alkanes) is 1. The Bertz CT molecular complexity index is 1450. The van der Waals surface area contributed by atoms with Gasteiger partial charge in [-0.25, -0.2) is 9.78 Å². The summed E-state index contributed by atoms with van der Waals surface area (Å²) in [5.74, 6) is -0.776. The topological polar surface area (TPSA) is 142 Å². The van der Waals surface area contributed by atoms with Crippen molar-refractivity contribution in [1.82, 2.24) is 29.9 Å². The highest BCUT2D eigenvalue weighted by Gasteiger charge is 2.37. The monoisotopic (exact) mass is 636 g/mol. The fourth-order valence-corrected chi connectivity index (χ4v) is 6.13. The van der Waals surface area contributed by atoms with E-state index in [2.05, 4.69) is 10.3 Å². The molecule has 3 aliphatic heterocycles. The number of aromatic nitrogens is 1. The van der Waals surface area contributed by atoms with Crippen LogP contribution in [0.3, 0.4) is 0 Å². The van der Waals surface area contributed by atoms with E-state index in [0.29, 0.717) is 62.4 Å². The molecule has 5 rings (SSSR count). The third kappa shape index (κ3) is 7.86. The minimum atomic E-state index is -0.554. The third-order valence-corrected chi connectivity index (χ3v) is 8.80. The number of hydrogen-bond acceptors (Lipinski definition) is 8. The Balaban J connectivity index is 1.19. The summed E-state index contributed by atoms with van der Waals surface area (Å²) in [4.78, 5) is 75.7. The second-order valence-electron chi connectivity index (χ2n) is 12.1. The van der Waals surface area contributed by atoms with Crippen LogP contribution in [-0.2, 0) is 19.1 Å². The molecule has 13 heteroatoms. The molecular weight excluding hydrogens is 592 g/mol. The summed E-state index contributed by atoms with van der Waals surface area (Å²) in [6.45, 7) is 7.18. The number of carbonyl (C=O) groups is 5. The van der Waals surface area contributed by atoms with E-state index in [1.54, 1.807) is 14.7 Å². The van der Waals surface area contributed by atoms with Gasteiger partial charge in [-0.1, -0.05) is 19.4 Å². The van der Waals surface area contributed by atoms with Crippen LogP contribution in [0.2, 0.25) is 0 Å². The van der Waals surface area contributed by atoms with Gasteiger partial charge in [0.15, 0.2) is 6.61 Å². The number of aryl methyl sites for hydroxylation is 1. The van der Waals surface area contributed by atoms with Crippen molar-refractivity contribution in [1.29, 1.82) is 0 Å². The van der Waals surface area contributed by atoms with Crippen LogP contribution in [0.1, 0.15) is 61.5 Å². The highest BCUT2D eigenvalue weighted by atomic mass is 16.6. The molecule has 2 aromatic rings. The van der Waals surface area contributed by atoms with Gasteiger partial charge in [0, 0.05) is 57.3 Å². The number of fused-ring (bicyclic) bond motifs is 1. The molecule has 1 N–H and O–H groups in total. The number of carbonyl (C=O) groups excluding carboxylic acids is 5. The summed E-state index contributed by atoms with van der Waals surface area (Å²) in [6, 6.07) is 6.56. The summed E-state index contributed by atoms with van der Waals surface area (Å²) < 4.78 is 11.3. The predicted octanol–water partition coefficient (Wildman–Crippen LogP) is 2.35. The van der Waals surface area contributed by atoms with Crippen molar-refractivity contribution in [2.45, 2.75) is 58.4 Å². The number of amides is 5. The van der Waals surface area contributed by atoms with E-state index < -0.39 is 11.9 Å². The first kappa shape index (κ1) is 33.0. The molecule has 5 amide bonds. The lowest BCUT2D eigenvalue weighted by Crippen LogP contribution is -2.52. The summed E-state index contributed by atoms with van der Waals surface area (Å²) in [5, 5.41) is 3.30. The van der Waals surface area contributed by atoms with Gasteiger partial charge in [0.05, 0.1) is 18.7 Å². The first-order valence-corrected chi connectivity index (χ1v) is 16.3. The molecule has 0 bridgehead atoms. The van der Waals surface area contributed by atoms with Gasteiger partial charge in [-0.05, 0) is 56.7 Å². The number of ether oxygens (including phenoxy) is 2. The third-order valence-electron chi connectivity index (χ3n) is 8.80. The minimum Gasteiger partial charge on any atom is -0.483 e. The number of nitrogens with one attached hydrogen (secondary N) is 1. The van der Waals surface area contributed by atoms with Crippen LogP contribution in [0, 0.1) is 6.92 Å². The Hall–Kier alpha value is -4.42. The molecule has 1 aromatic heterocycles. The van der Waals surface area contributed by atoms with E-state index in [4.69, 9.17) is 9.47 Å². The second-order valence-corrected chi connectivity index (χ2v) is 12.1. The van der Waals surface area contributed by atoms with Crippen LogP contribution in [0.25, 0.3) is 10.9 Å². The molecule has 3 fully saturated rings. The Kier molecular flexibility index (Phi) is 10.9. The molecule has 13 nitrogen and oxygen atoms in total. The summed E-state index contributed by atoms with van der Waals surface area (Å²) in [5.41, 5.74) is 1.51. The normalized spacial score (nSPS) is 18.2. The molecule has 1 atom stereocenters. The molecule has 0 aliphatic carbocycles. The molecule has 3 saturated heterocycles. The lowest BCUT2D eigenvalue weighted by atomic mass is 10.1. The molecule has 1 aromatic carbocycles.